The molecular weight excluding hydrogens is 240 g/mol. The van der Waals surface area contributed by atoms with Crippen molar-refractivity contribution in [3.63, 3.8) is 0 Å². The highest BCUT2D eigenvalue weighted by atomic mass is 32.2. The van der Waals surface area contributed by atoms with E-state index in [1.807, 2.05) is 19.1 Å². The fraction of sp³-hybridized carbons (Fsp3) is 0.200. The summed E-state index contributed by atoms with van der Waals surface area (Å²) >= 11 is 0. The first-order valence-electron chi connectivity index (χ1n) is 4.98. The van der Waals surface area contributed by atoms with E-state index in [0.717, 1.165) is 11.3 Å². The van der Waals surface area contributed by atoms with Crippen molar-refractivity contribution < 1.29 is 8.42 Å². The van der Waals surface area contributed by atoms with Gasteiger partial charge in [0.2, 0.25) is 10.0 Å². The highest BCUT2D eigenvalue weighted by Crippen LogP contribution is 2.06. The van der Waals surface area contributed by atoms with Crippen molar-refractivity contribution in [3.8, 4) is 0 Å². The topological polar surface area (TPSA) is 87.7 Å². The van der Waals surface area contributed by atoms with Gasteiger partial charge in [0.1, 0.15) is 4.90 Å². The number of pyridine rings is 1. The van der Waals surface area contributed by atoms with Gasteiger partial charge < -0.3 is 0 Å². The maximum atomic E-state index is 11.7. The molecule has 0 aliphatic heterocycles. The molecule has 0 aromatic carbocycles. The minimum Gasteiger partial charge on any atom is -0.284 e. The Kier molecular flexibility index (Phi) is 3.21. The third kappa shape index (κ3) is 2.89. The molecule has 0 fully saturated rings. The third-order valence-corrected chi connectivity index (χ3v) is 3.59. The van der Waals surface area contributed by atoms with E-state index in [-0.39, 0.29) is 11.4 Å². The van der Waals surface area contributed by atoms with Crippen molar-refractivity contribution in [2.24, 2.45) is 0 Å². The van der Waals surface area contributed by atoms with Gasteiger partial charge in [-0.05, 0) is 18.6 Å². The molecule has 7 heteroatoms. The average Bonchev–Trinajstić information content (AvgIpc) is 2.82. The largest absolute Gasteiger partial charge is 0.284 e. The van der Waals surface area contributed by atoms with Gasteiger partial charge in [-0.1, -0.05) is 6.07 Å². The lowest BCUT2D eigenvalue weighted by atomic mass is 10.2. The van der Waals surface area contributed by atoms with Crippen molar-refractivity contribution in [3.05, 3.63) is 42.0 Å². The molecule has 2 aromatic rings. The van der Waals surface area contributed by atoms with Gasteiger partial charge in [0.15, 0.2) is 0 Å². The Labute approximate surface area is 99.1 Å². The third-order valence-electron chi connectivity index (χ3n) is 2.22. The van der Waals surface area contributed by atoms with Crippen molar-refractivity contribution in [1.82, 2.24) is 19.9 Å². The molecule has 0 radical (unpaired) electrons. The van der Waals surface area contributed by atoms with Crippen LogP contribution in [-0.2, 0) is 16.6 Å². The van der Waals surface area contributed by atoms with E-state index in [1.54, 1.807) is 6.20 Å². The zero-order valence-corrected chi connectivity index (χ0v) is 10.0. The Hall–Kier alpha value is -1.73. The SMILES string of the molecule is Cc1ccc(CNS(=O)(=O)c2cn[nH]c2)cn1. The summed E-state index contributed by atoms with van der Waals surface area (Å²) in [4.78, 5) is 4.21. The lowest BCUT2D eigenvalue weighted by Gasteiger charge is -2.04. The van der Waals surface area contributed by atoms with Crippen LogP contribution in [0.1, 0.15) is 11.3 Å². The second-order valence-electron chi connectivity index (χ2n) is 3.57. The number of aryl methyl sites for hydroxylation is 1. The van der Waals surface area contributed by atoms with E-state index in [0.29, 0.717) is 0 Å². The molecule has 0 spiro atoms. The molecule has 0 atom stereocenters. The predicted molar refractivity (Wildman–Crippen MR) is 61.6 cm³/mol. The maximum Gasteiger partial charge on any atom is 0.243 e. The highest BCUT2D eigenvalue weighted by Gasteiger charge is 2.14. The summed E-state index contributed by atoms with van der Waals surface area (Å²) in [7, 11) is -3.50. The van der Waals surface area contributed by atoms with Gasteiger partial charge in [0, 0.05) is 24.6 Å². The first-order chi connectivity index (χ1) is 8.08. The first-order valence-corrected chi connectivity index (χ1v) is 6.46. The van der Waals surface area contributed by atoms with Crippen LogP contribution in [0, 0.1) is 6.92 Å². The van der Waals surface area contributed by atoms with Crippen LogP contribution >= 0.6 is 0 Å². The zero-order chi connectivity index (χ0) is 12.3. The molecule has 2 rings (SSSR count). The number of aromatic nitrogens is 3. The molecule has 0 amide bonds. The lowest BCUT2D eigenvalue weighted by Crippen LogP contribution is -2.22. The van der Waals surface area contributed by atoms with E-state index in [2.05, 4.69) is 19.9 Å². The van der Waals surface area contributed by atoms with Gasteiger partial charge in [0.25, 0.3) is 0 Å². The van der Waals surface area contributed by atoms with Crippen LogP contribution in [0.2, 0.25) is 0 Å². The van der Waals surface area contributed by atoms with Crippen LogP contribution in [0.5, 0.6) is 0 Å². The molecule has 17 heavy (non-hydrogen) atoms. The Bertz CT molecular complexity index is 575. The minimum atomic E-state index is -3.50. The Morgan fingerprint density at radius 1 is 1.35 bits per heavy atom. The fourth-order valence-electron chi connectivity index (χ4n) is 1.25. The summed E-state index contributed by atoms with van der Waals surface area (Å²) in [5.74, 6) is 0. The van der Waals surface area contributed by atoms with Gasteiger partial charge in [-0.2, -0.15) is 5.10 Å². The Morgan fingerprint density at radius 2 is 2.18 bits per heavy atom. The molecule has 0 aliphatic carbocycles. The fourth-order valence-corrected chi connectivity index (χ4v) is 2.17. The van der Waals surface area contributed by atoms with Crippen LogP contribution in [0.3, 0.4) is 0 Å². The van der Waals surface area contributed by atoms with Gasteiger partial charge in [-0.3, -0.25) is 10.1 Å². The summed E-state index contributed by atoms with van der Waals surface area (Å²) in [5.41, 5.74) is 1.70. The summed E-state index contributed by atoms with van der Waals surface area (Å²) in [6.45, 7) is 2.08. The smallest absolute Gasteiger partial charge is 0.243 e. The van der Waals surface area contributed by atoms with E-state index < -0.39 is 10.0 Å². The van der Waals surface area contributed by atoms with Crippen LogP contribution < -0.4 is 4.72 Å². The molecule has 90 valence electrons. The molecule has 0 aliphatic rings. The second-order valence-corrected chi connectivity index (χ2v) is 5.33. The normalized spacial score (nSPS) is 11.6. The predicted octanol–water partition coefficient (Wildman–Crippen LogP) is 0.592. The van der Waals surface area contributed by atoms with E-state index in [4.69, 9.17) is 0 Å². The van der Waals surface area contributed by atoms with Crippen molar-refractivity contribution in [1.29, 1.82) is 0 Å². The quantitative estimate of drug-likeness (QED) is 0.833. The number of rotatable bonds is 4. The van der Waals surface area contributed by atoms with E-state index in [1.165, 1.54) is 12.4 Å². The molecule has 2 heterocycles. The molecule has 0 saturated heterocycles. The van der Waals surface area contributed by atoms with Crippen LogP contribution in [-0.4, -0.2) is 23.6 Å². The maximum absolute atomic E-state index is 11.7. The minimum absolute atomic E-state index is 0.123. The van der Waals surface area contributed by atoms with Gasteiger partial charge in [0.05, 0.1) is 6.20 Å². The molecule has 2 aromatic heterocycles. The molecule has 6 nitrogen and oxygen atoms in total. The molecular formula is C10H12N4O2S. The average molecular weight is 252 g/mol. The van der Waals surface area contributed by atoms with Crippen molar-refractivity contribution >= 4 is 10.0 Å². The number of H-pyrrole nitrogens is 1. The van der Waals surface area contributed by atoms with Crippen LogP contribution in [0.25, 0.3) is 0 Å². The van der Waals surface area contributed by atoms with Crippen LogP contribution in [0.15, 0.2) is 35.6 Å². The molecule has 0 bridgehead atoms. The summed E-state index contributed by atoms with van der Waals surface area (Å²) in [6, 6.07) is 3.67. The number of hydrogen-bond donors (Lipinski definition) is 2. The number of nitrogens with zero attached hydrogens (tertiary/aromatic N) is 2. The van der Waals surface area contributed by atoms with E-state index in [9.17, 15) is 8.42 Å². The first kappa shape index (κ1) is 11.7. The second kappa shape index (κ2) is 4.64. The number of sulfonamides is 1. The standard InChI is InChI=1S/C10H12N4O2S/c1-8-2-3-9(4-11-8)5-14-17(15,16)10-6-12-13-7-10/h2-4,6-7,14H,5H2,1H3,(H,12,13). The number of aromatic amines is 1. The van der Waals surface area contributed by atoms with Crippen molar-refractivity contribution in [2.45, 2.75) is 18.4 Å². The lowest BCUT2D eigenvalue weighted by molar-refractivity contribution is 0.581. The van der Waals surface area contributed by atoms with Crippen molar-refractivity contribution in [2.75, 3.05) is 0 Å². The molecule has 2 N–H and O–H groups in total. The summed E-state index contributed by atoms with van der Waals surface area (Å²) in [6.07, 6.45) is 4.23. The van der Waals surface area contributed by atoms with Gasteiger partial charge >= 0.3 is 0 Å². The zero-order valence-electron chi connectivity index (χ0n) is 9.21. The number of hydrogen-bond acceptors (Lipinski definition) is 4. The Balaban J connectivity index is 2.06. The molecule has 0 unspecified atom stereocenters. The van der Waals surface area contributed by atoms with Crippen LogP contribution in [0.4, 0.5) is 0 Å². The highest BCUT2D eigenvalue weighted by molar-refractivity contribution is 7.89. The van der Waals surface area contributed by atoms with Gasteiger partial charge in [-0.15, -0.1) is 0 Å². The number of nitrogens with one attached hydrogen (secondary N) is 2. The molecule has 0 saturated carbocycles. The summed E-state index contributed by atoms with van der Waals surface area (Å²) in [5, 5.41) is 6.06. The monoisotopic (exact) mass is 252 g/mol. The Morgan fingerprint density at radius 3 is 2.76 bits per heavy atom. The van der Waals surface area contributed by atoms with Gasteiger partial charge in [-0.25, -0.2) is 13.1 Å². The van der Waals surface area contributed by atoms with E-state index >= 15 is 0 Å². The summed E-state index contributed by atoms with van der Waals surface area (Å²) < 4.78 is 26.0.